The van der Waals surface area contributed by atoms with Gasteiger partial charge in [0.1, 0.15) is 0 Å². The van der Waals surface area contributed by atoms with Crippen LogP contribution in [-0.4, -0.2) is 0 Å². The molecule has 0 amide bonds. The first-order chi connectivity index (χ1) is 20.9. The van der Waals surface area contributed by atoms with E-state index in [1.54, 1.807) is 0 Å². The molecule has 0 heteroatoms. The molecule has 51 heavy (non-hydrogen) atoms. The maximum absolute atomic E-state index is 2.36. The van der Waals surface area contributed by atoms with Crippen molar-refractivity contribution in [1.82, 2.24) is 0 Å². The molecule has 0 aromatic heterocycles. The lowest BCUT2D eigenvalue weighted by Gasteiger charge is -2.18. The van der Waals surface area contributed by atoms with Gasteiger partial charge in [-0.15, -0.1) is 0 Å². The summed E-state index contributed by atoms with van der Waals surface area (Å²) in [5.41, 5.74) is 2.73. The highest BCUT2D eigenvalue weighted by Crippen LogP contribution is 2.25. The van der Waals surface area contributed by atoms with Crippen LogP contribution in [0.2, 0.25) is 0 Å². The van der Waals surface area contributed by atoms with E-state index in [2.05, 4.69) is 106 Å². The minimum Gasteiger partial charge on any atom is -0.0776 e. The van der Waals surface area contributed by atoms with Gasteiger partial charge in [0.05, 0.1) is 0 Å². The quantitative estimate of drug-likeness (QED) is 0.289. The molecule has 320 valence electrons. The molecule has 0 aliphatic heterocycles. The largest absolute Gasteiger partial charge is 0.0776 e. The van der Waals surface area contributed by atoms with E-state index in [4.69, 9.17) is 0 Å². The predicted molar refractivity (Wildman–Crippen MR) is 261 cm³/mol. The summed E-state index contributed by atoms with van der Waals surface area (Å²) in [7, 11) is 0. The summed E-state index contributed by atoms with van der Waals surface area (Å²) in [6, 6.07) is 20.7. The van der Waals surface area contributed by atoms with E-state index in [-0.39, 0.29) is 59.4 Å². The normalized spacial score (nSPS) is 11.1. The first kappa shape index (κ1) is 87.4. The average molecular weight is 729 g/mol. The van der Waals surface area contributed by atoms with Crippen molar-refractivity contribution in [3.05, 3.63) is 71.8 Å². The van der Waals surface area contributed by atoms with Crippen LogP contribution in [0.5, 0.6) is 0 Å². The fourth-order valence-corrected chi connectivity index (χ4v) is 4.15. The summed E-state index contributed by atoms with van der Waals surface area (Å²) in [5, 5.41) is 0. The van der Waals surface area contributed by atoms with Gasteiger partial charge < -0.3 is 0 Å². The highest BCUT2D eigenvalue weighted by Gasteiger charge is 2.09. The Morgan fingerprint density at radius 1 is 0.431 bits per heavy atom. The van der Waals surface area contributed by atoms with Crippen molar-refractivity contribution in [3.63, 3.8) is 0 Å². The van der Waals surface area contributed by atoms with Gasteiger partial charge in [-0.25, -0.2) is 0 Å². The Morgan fingerprint density at radius 3 is 0.863 bits per heavy atom. The smallest absolute Gasteiger partial charge is 0.0307 e. The van der Waals surface area contributed by atoms with Crippen LogP contribution in [0.1, 0.15) is 250 Å². The number of benzene rings is 2. The molecule has 0 spiro atoms. The van der Waals surface area contributed by atoms with E-state index in [9.17, 15) is 0 Å². The third kappa shape index (κ3) is 88.1. The number of rotatable bonds is 2. The molecule has 0 nitrogen and oxygen atoms in total. The molecule has 0 N–H and O–H groups in total. The highest BCUT2D eigenvalue weighted by atomic mass is 14.2. The average Bonchev–Trinajstić information content (AvgIpc) is 3.06. The summed E-state index contributed by atoms with van der Waals surface area (Å²) < 4.78 is 0. The number of hydrogen-bond acceptors (Lipinski definition) is 0. The van der Waals surface area contributed by atoms with Gasteiger partial charge in [0.2, 0.25) is 0 Å². The van der Waals surface area contributed by atoms with Crippen LogP contribution in [0.15, 0.2) is 60.7 Å². The van der Waals surface area contributed by atoms with E-state index in [0.29, 0.717) is 0 Å². The van der Waals surface area contributed by atoms with Crippen molar-refractivity contribution < 1.29 is 0 Å². The Hall–Kier alpha value is -1.56. The number of hydrogen-bond donors (Lipinski definition) is 0. The second-order valence-electron chi connectivity index (χ2n) is 11.3. The van der Waals surface area contributed by atoms with Gasteiger partial charge >= 0.3 is 0 Å². The molecule has 0 unspecified atom stereocenters. The summed E-state index contributed by atoms with van der Waals surface area (Å²) in [5.74, 6) is 2.12. The van der Waals surface area contributed by atoms with Gasteiger partial charge in [0, 0.05) is 0 Å². The second-order valence-corrected chi connectivity index (χ2v) is 11.3. The standard InChI is InChI=1S/C8H16.C8H10.C7H14.C7H8.3C3H8.2C2H6.8CH4/c2*1-2-8-6-4-3-5-7-8;2*1-7-5-3-2-4-6-7;3*1-3-2;2*1-2;;;;;;;;/h8H,2-7H2,1H3;3-7H,2H2,1H3;7H,2-6H2,1H3;2-6H,1H3;3*3H2,1-2H3;2*1-2H3;8*1H4. The summed E-state index contributed by atoms with van der Waals surface area (Å²) >= 11 is 0. The van der Waals surface area contributed by atoms with Crippen LogP contribution in [-0.2, 0) is 6.42 Å². The minimum atomic E-state index is 0. The monoisotopic (exact) mass is 729 g/mol. The van der Waals surface area contributed by atoms with Crippen LogP contribution >= 0.6 is 0 Å². The van der Waals surface area contributed by atoms with E-state index in [1.807, 2.05) is 52.0 Å². The Morgan fingerprint density at radius 2 is 0.706 bits per heavy atom. The van der Waals surface area contributed by atoms with Crippen LogP contribution in [0.4, 0.5) is 0 Å². The zero-order valence-electron chi connectivity index (χ0n) is 32.5. The Bertz CT molecular complexity index is 613. The number of aryl methyl sites for hydroxylation is 2. The Labute approximate surface area is 335 Å². The van der Waals surface area contributed by atoms with Crippen LogP contribution in [0.3, 0.4) is 0 Å². The Balaban J connectivity index is -0.0000000296. The van der Waals surface area contributed by atoms with E-state index in [0.717, 1.165) is 18.3 Å². The van der Waals surface area contributed by atoms with Crippen molar-refractivity contribution in [2.45, 2.75) is 253 Å². The lowest BCUT2D eigenvalue weighted by atomic mass is 9.88. The van der Waals surface area contributed by atoms with Crippen molar-refractivity contribution in [2.75, 3.05) is 0 Å². The molecule has 2 aromatic carbocycles. The van der Waals surface area contributed by atoms with Gasteiger partial charge in [0.15, 0.2) is 0 Å². The van der Waals surface area contributed by atoms with E-state index < -0.39 is 0 Å². The van der Waals surface area contributed by atoms with Crippen LogP contribution in [0, 0.1) is 18.8 Å². The van der Waals surface area contributed by atoms with Crippen molar-refractivity contribution in [3.8, 4) is 0 Å². The van der Waals surface area contributed by atoms with Gasteiger partial charge in [-0.3, -0.25) is 0 Å². The zero-order chi connectivity index (χ0) is 34.0. The third-order valence-electron chi connectivity index (χ3n) is 6.39. The molecule has 0 heterocycles. The Kier molecular flexibility index (Phi) is 149. The zero-order valence-corrected chi connectivity index (χ0v) is 32.5. The molecule has 2 aromatic rings. The van der Waals surface area contributed by atoms with E-state index in [1.165, 1.54) is 101 Å². The highest BCUT2D eigenvalue weighted by molar-refractivity contribution is 5.14. The van der Waals surface area contributed by atoms with Gasteiger partial charge in [-0.1, -0.05) is 306 Å². The second kappa shape index (κ2) is 86.8. The van der Waals surface area contributed by atoms with Crippen molar-refractivity contribution in [1.29, 1.82) is 0 Å². The molecule has 0 saturated heterocycles. The fraction of sp³-hybridized carbons (Fsp3) is 0.765. The summed E-state index contributed by atoms with van der Waals surface area (Å²) in [4.78, 5) is 0. The van der Waals surface area contributed by atoms with Gasteiger partial charge in [-0.2, -0.15) is 0 Å². The third-order valence-corrected chi connectivity index (χ3v) is 6.39. The lowest BCUT2D eigenvalue weighted by molar-refractivity contribution is 0.349. The van der Waals surface area contributed by atoms with Crippen molar-refractivity contribution >= 4 is 0 Å². The molecular formula is C51H116. The fourth-order valence-electron chi connectivity index (χ4n) is 4.15. The molecule has 0 bridgehead atoms. The van der Waals surface area contributed by atoms with Crippen LogP contribution < -0.4 is 0 Å². The van der Waals surface area contributed by atoms with Crippen LogP contribution in [0.25, 0.3) is 0 Å². The molecule has 4 rings (SSSR count). The summed E-state index contributed by atoms with van der Waals surface area (Å²) in [6.07, 6.45) is 21.3. The maximum Gasteiger partial charge on any atom is -0.0307 e. The topological polar surface area (TPSA) is 0 Å². The molecule has 0 radical (unpaired) electrons. The SMILES string of the molecule is C.C.C.C.C.C.C.C.CC.CC.CC1CCCCC1.CCC.CCC.CCC.CCC1CCCCC1.CCc1ccccc1.Cc1ccccc1. The van der Waals surface area contributed by atoms with Gasteiger partial charge in [-0.05, 0) is 30.7 Å². The van der Waals surface area contributed by atoms with Gasteiger partial charge in [0.25, 0.3) is 0 Å². The van der Waals surface area contributed by atoms with Crippen molar-refractivity contribution in [2.24, 2.45) is 11.8 Å². The first-order valence-corrected chi connectivity index (χ1v) is 19.0. The molecule has 2 saturated carbocycles. The van der Waals surface area contributed by atoms with E-state index >= 15 is 0 Å². The predicted octanol–water partition coefficient (Wildman–Crippen LogP) is 21.2. The first-order valence-electron chi connectivity index (χ1n) is 19.0. The maximum atomic E-state index is 2.36. The minimum absolute atomic E-state index is 0. The summed E-state index contributed by atoms with van der Waals surface area (Å²) in [6.45, 7) is 29.7. The molecular weight excluding hydrogens is 613 g/mol. The molecule has 0 atom stereocenters. The molecule has 2 fully saturated rings. The lowest BCUT2D eigenvalue weighted by Crippen LogP contribution is -2.03. The molecule has 2 aliphatic rings. The molecule has 2 aliphatic carbocycles.